The van der Waals surface area contributed by atoms with E-state index in [9.17, 15) is 4.79 Å². The number of aromatic nitrogens is 2. The van der Waals surface area contributed by atoms with E-state index in [2.05, 4.69) is 58.4 Å². The molecule has 6 nitrogen and oxygen atoms in total. The fraction of sp³-hybridized carbons (Fsp3) is 0.818. The summed E-state index contributed by atoms with van der Waals surface area (Å²) < 4.78 is 2.33. The fourth-order valence-corrected chi connectivity index (χ4v) is 4.94. The monoisotopic (exact) mass is 389 g/mol. The third kappa shape index (κ3) is 4.95. The van der Waals surface area contributed by atoms with Gasteiger partial charge in [0.1, 0.15) is 5.82 Å². The van der Waals surface area contributed by atoms with Crippen molar-refractivity contribution in [2.24, 2.45) is 5.41 Å². The third-order valence-electron chi connectivity index (χ3n) is 6.64. The smallest absolute Gasteiger partial charge is 0.229 e. The summed E-state index contributed by atoms with van der Waals surface area (Å²) in [6.07, 6.45) is 9.42. The van der Waals surface area contributed by atoms with Crippen LogP contribution in [0.1, 0.15) is 57.7 Å². The van der Waals surface area contributed by atoms with Gasteiger partial charge in [-0.3, -0.25) is 4.79 Å². The number of rotatable bonds is 7. The molecule has 28 heavy (non-hydrogen) atoms. The first-order valence-electron chi connectivity index (χ1n) is 11.1. The number of amides is 1. The van der Waals surface area contributed by atoms with Crippen LogP contribution in [0.4, 0.5) is 0 Å². The quantitative estimate of drug-likeness (QED) is 0.719. The molecule has 0 spiro atoms. The molecule has 1 atom stereocenters. The predicted octanol–water partition coefficient (Wildman–Crippen LogP) is 2.66. The Balaban J connectivity index is 1.55. The van der Waals surface area contributed by atoms with E-state index in [4.69, 9.17) is 0 Å². The Hall–Kier alpha value is -1.40. The molecule has 1 aromatic rings. The van der Waals surface area contributed by atoms with Crippen LogP contribution in [0.3, 0.4) is 0 Å². The van der Waals surface area contributed by atoms with E-state index in [1.54, 1.807) is 0 Å². The third-order valence-corrected chi connectivity index (χ3v) is 6.64. The second-order valence-corrected chi connectivity index (χ2v) is 9.24. The maximum absolute atomic E-state index is 13.3. The zero-order valence-corrected chi connectivity index (χ0v) is 18.4. The standard InChI is InChI=1S/C22H39N5O/c1-5-25-13-6-10-22(2,18-25)21(28)27-15-8-19(9-16-27)20-23-11-17-26(20)14-7-12-24(3)4/h11,17,19H,5-10,12-16,18H2,1-4H3/t22-/m1/s1. The lowest BCUT2D eigenvalue weighted by atomic mass is 9.79. The van der Waals surface area contributed by atoms with Gasteiger partial charge in [-0.05, 0) is 72.8 Å². The van der Waals surface area contributed by atoms with Crippen molar-refractivity contribution in [3.8, 4) is 0 Å². The molecule has 0 aromatic carbocycles. The van der Waals surface area contributed by atoms with Gasteiger partial charge in [-0.15, -0.1) is 0 Å². The molecular formula is C22H39N5O. The highest BCUT2D eigenvalue weighted by molar-refractivity contribution is 5.82. The van der Waals surface area contributed by atoms with E-state index in [0.717, 1.165) is 77.9 Å². The number of piperidine rings is 2. The van der Waals surface area contributed by atoms with Crippen LogP contribution in [0, 0.1) is 5.41 Å². The molecule has 158 valence electrons. The van der Waals surface area contributed by atoms with Gasteiger partial charge < -0.3 is 19.3 Å². The van der Waals surface area contributed by atoms with E-state index in [0.29, 0.717) is 11.8 Å². The largest absolute Gasteiger partial charge is 0.342 e. The van der Waals surface area contributed by atoms with Crippen molar-refractivity contribution >= 4 is 5.91 Å². The minimum absolute atomic E-state index is 0.203. The molecule has 6 heteroatoms. The lowest BCUT2D eigenvalue weighted by Gasteiger charge is -2.43. The average molecular weight is 390 g/mol. The van der Waals surface area contributed by atoms with Crippen LogP contribution >= 0.6 is 0 Å². The van der Waals surface area contributed by atoms with Crippen molar-refractivity contribution < 1.29 is 4.79 Å². The molecule has 0 unspecified atom stereocenters. The van der Waals surface area contributed by atoms with Gasteiger partial charge >= 0.3 is 0 Å². The van der Waals surface area contributed by atoms with Crippen LogP contribution in [0.25, 0.3) is 0 Å². The molecule has 0 radical (unpaired) electrons. The van der Waals surface area contributed by atoms with Gasteiger partial charge in [0, 0.05) is 44.5 Å². The molecule has 3 heterocycles. The zero-order valence-electron chi connectivity index (χ0n) is 18.4. The van der Waals surface area contributed by atoms with Crippen molar-refractivity contribution in [1.29, 1.82) is 0 Å². The summed E-state index contributed by atoms with van der Waals surface area (Å²) in [6.45, 7) is 11.3. The van der Waals surface area contributed by atoms with Gasteiger partial charge in [-0.1, -0.05) is 6.92 Å². The van der Waals surface area contributed by atoms with Crippen LogP contribution < -0.4 is 0 Å². The Morgan fingerprint density at radius 1 is 1.29 bits per heavy atom. The summed E-state index contributed by atoms with van der Waals surface area (Å²) in [5, 5.41) is 0. The number of carbonyl (C=O) groups excluding carboxylic acids is 1. The van der Waals surface area contributed by atoms with Gasteiger partial charge in [0.05, 0.1) is 5.41 Å². The highest BCUT2D eigenvalue weighted by atomic mass is 16.2. The van der Waals surface area contributed by atoms with Gasteiger partial charge in [0.25, 0.3) is 0 Å². The second kappa shape index (κ2) is 9.40. The molecule has 1 amide bonds. The molecule has 0 aliphatic carbocycles. The van der Waals surface area contributed by atoms with Crippen LogP contribution in [0.2, 0.25) is 0 Å². The van der Waals surface area contributed by atoms with E-state index >= 15 is 0 Å². The van der Waals surface area contributed by atoms with Crippen molar-refractivity contribution in [3.05, 3.63) is 18.2 Å². The first-order chi connectivity index (χ1) is 13.4. The number of hydrogen-bond acceptors (Lipinski definition) is 4. The van der Waals surface area contributed by atoms with E-state index in [1.807, 2.05) is 6.20 Å². The predicted molar refractivity (Wildman–Crippen MR) is 113 cm³/mol. The van der Waals surface area contributed by atoms with Crippen molar-refractivity contribution in [3.63, 3.8) is 0 Å². The Labute approximate surface area is 170 Å². The molecule has 2 fully saturated rings. The molecule has 2 saturated heterocycles. The lowest BCUT2D eigenvalue weighted by Crippen LogP contribution is -2.53. The van der Waals surface area contributed by atoms with E-state index in [1.165, 1.54) is 5.82 Å². The molecule has 0 N–H and O–H groups in total. The van der Waals surface area contributed by atoms with E-state index in [-0.39, 0.29) is 5.41 Å². The summed E-state index contributed by atoms with van der Waals surface area (Å²) in [6, 6.07) is 0. The maximum atomic E-state index is 13.3. The number of carbonyl (C=O) groups is 1. The Morgan fingerprint density at radius 3 is 2.71 bits per heavy atom. The average Bonchev–Trinajstić information content (AvgIpc) is 3.15. The maximum Gasteiger partial charge on any atom is 0.229 e. The van der Waals surface area contributed by atoms with Crippen LogP contribution in [0.15, 0.2) is 12.4 Å². The normalized spacial score (nSPS) is 24.8. The SMILES string of the molecule is CCN1CCC[C@@](C)(C(=O)N2CCC(c3nccn3CCCN(C)C)CC2)C1. The van der Waals surface area contributed by atoms with Crippen LogP contribution in [-0.4, -0.2) is 83.5 Å². The topological polar surface area (TPSA) is 44.6 Å². The van der Waals surface area contributed by atoms with Crippen molar-refractivity contribution in [2.45, 2.75) is 58.4 Å². The Bertz CT molecular complexity index is 635. The summed E-state index contributed by atoms with van der Waals surface area (Å²) in [5.74, 6) is 2.06. The summed E-state index contributed by atoms with van der Waals surface area (Å²) in [4.78, 5) is 24.7. The van der Waals surface area contributed by atoms with Crippen LogP contribution in [-0.2, 0) is 11.3 Å². The number of imidazole rings is 1. The van der Waals surface area contributed by atoms with Gasteiger partial charge in [0.2, 0.25) is 5.91 Å². The molecule has 2 aliphatic heterocycles. The Kier molecular flexibility index (Phi) is 7.15. The summed E-state index contributed by atoms with van der Waals surface area (Å²) in [5.41, 5.74) is -0.203. The molecular weight excluding hydrogens is 350 g/mol. The first-order valence-corrected chi connectivity index (χ1v) is 11.1. The molecule has 0 saturated carbocycles. The van der Waals surface area contributed by atoms with Gasteiger partial charge in [-0.2, -0.15) is 0 Å². The summed E-state index contributed by atoms with van der Waals surface area (Å²) in [7, 11) is 4.24. The number of aryl methyl sites for hydroxylation is 1. The Morgan fingerprint density at radius 2 is 2.04 bits per heavy atom. The summed E-state index contributed by atoms with van der Waals surface area (Å²) >= 11 is 0. The highest BCUT2D eigenvalue weighted by Crippen LogP contribution is 2.34. The molecule has 1 aromatic heterocycles. The molecule has 0 bridgehead atoms. The van der Waals surface area contributed by atoms with E-state index < -0.39 is 0 Å². The van der Waals surface area contributed by atoms with Gasteiger partial charge in [-0.25, -0.2) is 4.98 Å². The van der Waals surface area contributed by atoms with Crippen LogP contribution in [0.5, 0.6) is 0 Å². The fourth-order valence-electron chi connectivity index (χ4n) is 4.94. The number of hydrogen-bond donors (Lipinski definition) is 0. The number of likely N-dealkylation sites (tertiary alicyclic amines) is 2. The minimum atomic E-state index is -0.203. The lowest BCUT2D eigenvalue weighted by molar-refractivity contribution is -0.145. The second-order valence-electron chi connectivity index (χ2n) is 9.24. The van der Waals surface area contributed by atoms with Gasteiger partial charge in [0.15, 0.2) is 0 Å². The zero-order chi connectivity index (χ0) is 20.1. The number of nitrogens with zero attached hydrogens (tertiary/aromatic N) is 5. The van der Waals surface area contributed by atoms with Crippen molar-refractivity contribution in [1.82, 2.24) is 24.3 Å². The molecule has 3 rings (SSSR count). The first kappa shape index (κ1) is 21.3. The highest BCUT2D eigenvalue weighted by Gasteiger charge is 2.41. The molecule has 2 aliphatic rings. The minimum Gasteiger partial charge on any atom is -0.342 e. The van der Waals surface area contributed by atoms with Crippen molar-refractivity contribution in [2.75, 3.05) is 53.4 Å².